The number of carbonyl (C=O) groups is 1. The van der Waals surface area contributed by atoms with Gasteiger partial charge in [-0.05, 0) is 25.5 Å². The van der Waals surface area contributed by atoms with E-state index in [1.54, 1.807) is 19.2 Å². The number of carbonyl (C=O) groups excluding carboxylic acids is 1. The normalized spacial score (nSPS) is 17.5. The lowest BCUT2D eigenvalue weighted by atomic mass is 10.1. The van der Waals surface area contributed by atoms with Crippen LogP contribution in [-0.2, 0) is 4.74 Å². The number of nitrogens with zero attached hydrogens (tertiary/aromatic N) is 2. The number of ether oxygens (including phenoxy) is 1. The molecule has 0 saturated carbocycles. The van der Waals surface area contributed by atoms with Crippen LogP contribution in [0.5, 0.6) is 0 Å². The average Bonchev–Trinajstić information content (AvgIpc) is 3.22. The molecule has 24 heavy (non-hydrogen) atoms. The number of furan rings is 1. The van der Waals surface area contributed by atoms with Crippen molar-refractivity contribution in [3.8, 4) is 0 Å². The summed E-state index contributed by atoms with van der Waals surface area (Å²) in [6.07, 6.45) is 2.60. The summed E-state index contributed by atoms with van der Waals surface area (Å²) in [5.74, 6) is 1.57. The van der Waals surface area contributed by atoms with E-state index < -0.39 is 0 Å². The molecule has 2 rings (SSSR count). The van der Waals surface area contributed by atoms with Crippen LogP contribution in [0.3, 0.4) is 0 Å². The van der Waals surface area contributed by atoms with Gasteiger partial charge in [-0.15, -0.1) is 24.0 Å². The monoisotopic (exact) mass is 450 g/mol. The van der Waals surface area contributed by atoms with Crippen molar-refractivity contribution in [3.63, 3.8) is 0 Å². The molecule has 7 nitrogen and oxygen atoms in total. The Morgan fingerprint density at radius 3 is 3.00 bits per heavy atom. The second kappa shape index (κ2) is 11.3. The van der Waals surface area contributed by atoms with Crippen LogP contribution in [0.4, 0.5) is 0 Å². The predicted octanol–water partition coefficient (Wildman–Crippen LogP) is 1.56. The second-order valence-corrected chi connectivity index (χ2v) is 5.52. The van der Waals surface area contributed by atoms with Crippen LogP contribution in [-0.4, -0.2) is 63.2 Å². The van der Waals surface area contributed by atoms with Gasteiger partial charge in [0.05, 0.1) is 19.4 Å². The third-order valence-electron chi connectivity index (χ3n) is 3.73. The minimum atomic E-state index is -0.212. The van der Waals surface area contributed by atoms with Gasteiger partial charge in [0, 0.05) is 39.2 Å². The number of likely N-dealkylation sites (tertiary alicyclic amines) is 1. The van der Waals surface area contributed by atoms with Crippen molar-refractivity contribution in [3.05, 3.63) is 24.2 Å². The number of hydrogen-bond acceptors (Lipinski definition) is 4. The highest BCUT2D eigenvalue weighted by atomic mass is 127. The number of guanidine groups is 1. The van der Waals surface area contributed by atoms with Gasteiger partial charge in [0.1, 0.15) is 0 Å². The minimum absolute atomic E-state index is 0. The van der Waals surface area contributed by atoms with E-state index in [-0.39, 0.29) is 29.9 Å². The van der Waals surface area contributed by atoms with E-state index in [1.165, 1.54) is 6.26 Å². The van der Waals surface area contributed by atoms with E-state index in [0.717, 1.165) is 38.6 Å². The first-order chi connectivity index (χ1) is 11.2. The van der Waals surface area contributed by atoms with Crippen LogP contribution in [0.15, 0.2) is 27.8 Å². The zero-order chi connectivity index (χ0) is 16.5. The molecule has 1 aliphatic rings. The number of amides is 1. The van der Waals surface area contributed by atoms with Crippen molar-refractivity contribution >= 4 is 35.8 Å². The maximum absolute atomic E-state index is 11.8. The van der Waals surface area contributed by atoms with Gasteiger partial charge in [-0.1, -0.05) is 0 Å². The van der Waals surface area contributed by atoms with E-state index in [0.29, 0.717) is 24.8 Å². The number of hydrogen-bond donors (Lipinski definition) is 2. The molecule has 0 radical (unpaired) electrons. The van der Waals surface area contributed by atoms with Crippen LogP contribution >= 0.6 is 24.0 Å². The first-order valence-corrected chi connectivity index (χ1v) is 8.08. The molecule has 2 heterocycles. The van der Waals surface area contributed by atoms with Gasteiger partial charge < -0.3 is 24.7 Å². The standard InChI is InChI=1S/C16H26N4O3.HI/c1-3-17-16(20-9-6-13(11-20)12-22-2)19-8-7-18-15(21)14-5-4-10-23-14;/h4-5,10,13H,3,6-9,11-12H2,1-2H3,(H,17,19)(H,18,21);1H. The summed E-state index contributed by atoms with van der Waals surface area (Å²) in [6.45, 7) is 6.61. The SMILES string of the molecule is CCNC(=NCCNC(=O)c1ccco1)N1CCC(COC)C1.I. The molecule has 1 aromatic rings. The van der Waals surface area contributed by atoms with Crippen LogP contribution < -0.4 is 10.6 Å². The molecule has 1 amide bonds. The number of methoxy groups -OCH3 is 1. The summed E-state index contributed by atoms with van der Waals surface area (Å²) >= 11 is 0. The molecular formula is C16H27IN4O3. The average molecular weight is 450 g/mol. The van der Waals surface area contributed by atoms with Gasteiger partial charge in [-0.25, -0.2) is 0 Å². The molecule has 136 valence electrons. The molecular weight excluding hydrogens is 423 g/mol. The van der Waals surface area contributed by atoms with Crippen molar-refractivity contribution in [2.24, 2.45) is 10.9 Å². The largest absolute Gasteiger partial charge is 0.459 e. The highest BCUT2D eigenvalue weighted by molar-refractivity contribution is 14.0. The Kier molecular flexibility index (Phi) is 9.77. The molecule has 0 aromatic carbocycles. The fourth-order valence-electron chi connectivity index (χ4n) is 2.65. The summed E-state index contributed by atoms with van der Waals surface area (Å²) in [5.41, 5.74) is 0. The van der Waals surface area contributed by atoms with E-state index in [9.17, 15) is 4.79 Å². The quantitative estimate of drug-likeness (QED) is 0.285. The van der Waals surface area contributed by atoms with Gasteiger partial charge in [0.25, 0.3) is 5.91 Å². The zero-order valence-electron chi connectivity index (χ0n) is 14.3. The predicted molar refractivity (Wildman–Crippen MR) is 104 cm³/mol. The van der Waals surface area contributed by atoms with Crippen molar-refractivity contribution in [1.82, 2.24) is 15.5 Å². The Hall–Kier alpha value is -1.29. The van der Waals surface area contributed by atoms with Crippen molar-refractivity contribution in [2.45, 2.75) is 13.3 Å². The first-order valence-electron chi connectivity index (χ1n) is 8.08. The van der Waals surface area contributed by atoms with Crippen molar-refractivity contribution < 1.29 is 13.9 Å². The number of halogens is 1. The van der Waals surface area contributed by atoms with Gasteiger partial charge in [-0.2, -0.15) is 0 Å². The Bertz CT molecular complexity index is 507. The maximum Gasteiger partial charge on any atom is 0.287 e. The Labute approximate surface area is 160 Å². The van der Waals surface area contributed by atoms with E-state index >= 15 is 0 Å². The minimum Gasteiger partial charge on any atom is -0.459 e. The van der Waals surface area contributed by atoms with Gasteiger partial charge in [-0.3, -0.25) is 9.79 Å². The lowest BCUT2D eigenvalue weighted by Gasteiger charge is -2.21. The number of aliphatic imine (C=N–C) groups is 1. The Morgan fingerprint density at radius 1 is 1.50 bits per heavy atom. The lowest BCUT2D eigenvalue weighted by Crippen LogP contribution is -2.40. The van der Waals surface area contributed by atoms with Gasteiger partial charge in [0.15, 0.2) is 11.7 Å². The molecule has 0 spiro atoms. The summed E-state index contributed by atoms with van der Waals surface area (Å²) in [6, 6.07) is 3.34. The van der Waals surface area contributed by atoms with Gasteiger partial charge >= 0.3 is 0 Å². The fourth-order valence-corrected chi connectivity index (χ4v) is 2.65. The summed E-state index contributed by atoms with van der Waals surface area (Å²) in [7, 11) is 1.74. The molecule has 1 aliphatic heterocycles. The van der Waals surface area contributed by atoms with E-state index in [2.05, 4.69) is 27.4 Å². The van der Waals surface area contributed by atoms with E-state index in [1.807, 2.05) is 0 Å². The zero-order valence-corrected chi connectivity index (χ0v) is 16.6. The highest BCUT2D eigenvalue weighted by Gasteiger charge is 2.24. The summed E-state index contributed by atoms with van der Waals surface area (Å²) in [5, 5.41) is 6.10. The van der Waals surface area contributed by atoms with Crippen LogP contribution in [0.1, 0.15) is 23.9 Å². The third-order valence-corrected chi connectivity index (χ3v) is 3.73. The maximum atomic E-state index is 11.8. The molecule has 2 N–H and O–H groups in total. The Morgan fingerprint density at radius 2 is 2.33 bits per heavy atom. The molecule has 1 saturated heterocycles. The fraction of sp³-hybridized carbons (Fsp3) is 0.625. The van der Waals surface area contributed by atoms with Crippen molar-refractivity contribution in [1.29, 1.82) is 0 Å². The smallest absolute Gasteiger partial charge is 0.287 e. The first kappa shape index (κ1) is 20.8. The molecule has 8 heteroatoms. The lowest BCUT2D eigenvalue weighted by molar-refractivity contribution is 0.0927. The van der Waals surface area contributed by atoms with Crippen LogP contribution in [0.25, 0.3) is 0 Å². The molecule has 1 aromatic heterocycles. The summed E-state index contributed by atoms with van der Waals surface area (Å²) < 4.78 is 10.3. The third kappa shape index (κ3) is 6.31. The number of rotatable bonds is 7. The van der Waals surface area contributed by atoms with Crippen LogP contribution in [0.2, 0.25) is 0 Å². The molecule has 0 aliphatic carbocycles. The van der Waals surface area contributed by atoms with Gasteiger partial charge in [0.2, 0.25) is 0 Å². The Balaban J connectivity index is 0.00000288. The molecule has 1 atom stereocenters. The molecule has 1 unspecified atom stereocenters. The van der Waals surface area contributed by atoms with Crippen molar-refractivity contribution in [2.75, 3.05) is 46.4 Å². The number of nitrogens with one attached hydrogen (secondary N) is 2. The highest BCUT2D eigenvalue weighted by Crippen LogP contribution is 2.16. The molecule has 1 fully saturated rings. The second-order valence-electron chi connectivity index (χ2n) is 5.52. The topological polar surface area (TPSA) is 79.1 Å². The van der Waals surface area contributed by atoms with Crippen LogP contribution in [0, 0.1) is 5.92 Å². The summed E-state index contributed by atoms with van der Waals surface area (Å²) in [4.78, 5) is 18.6. The molecule has 0 bridgehead atoms. The van der Waals surface area contributed by atoms with E-state index in [4.69, 9.17) is 9.15 Å².